The molecule has 0 spiro atoms. The Morgan fingerprint density at radius 2 is 1.74 bits per heavy atom. The Morgan fingerprint density at radius 1 is 1.13 bits per heavy atom. The molecule has 1 rings (SSSR count). The van der Waals surface area contributed by atoms with Crippen LogP contribution in [-0.4, -0.2) is 47.7 Å². The Balaban J connectivity index is 1.90. The normalized spacial score (nSPS) is 22.2. The van der Waals surface area contributed by atoms with Crippen molar-refractivity contribution >= 4 is 5.97 Å². The summed E-state index contributed by atoms with van der Waals surface area (Å²) in [5.74, 6) is -0.259. The molecule has 1 heterocycles. The number of hydrogen-bond acceptors (Lipinski definition) is 5. The molecule has 5 nitrogen and oxygen atoms in total. The SMILES string of the molecule is CCCCCCCCCCCC(=O)OCC(O)[C@@H]1C[C@H](O)CO1. The van der Waals surface area contributed by atoms with Crippen LogP contribution >= 0.6 is 0 Å². The van der Waals surface area contributed by atoms with Gasteiger partial charge in [0.15, 0.2) is 0 Å². The summed E-state index contributed by atoms with van der Waals surface area (Å²) in [6.45, 7) is 2.42. The summed E-state index contributed by atoms with van der Waals surface area (Å²) in [6.07, 6.45) is 9.93. The minimum Gasteiger partial charge on any atom is -0.463 e. The summed E-state index contributed by atoms with van der Waals surface area (Å²) in [5, 5.41) is 19.2. The molecule has 3 atom stereocenters. The Labute approximate surface area is 140 Å². The second kappa shape index (κ2) is 12.7. The summed E-state index contributed by atoms with van der Waals surface area (Å²) in [7, 11) is 0. The van der Waals surface area contributed by atoms with E-state index >= 15 is 0 Å². The Bertz CT molecular complexity index is 308. The zero-order valence-electron chi connectivity index (χ0n) is 14.5. The molecule has 136 valence electrons. The molecule has 0 aromatic heterocycles. The summed E-state index contributed by atoms with van der Waals surface area (Å²) in [4.78, 5) is 11.6. The van der Waals surface area contributed by atoms with Crippen LogP contribution in [0.3, 0.4) is 0 Å². The van der Waals surface area contributed by atoms with Crippen molar-refractivity contribution in [2.24, 2.45) is 0 Å². The van der Waals surface area contributed by atoms with Gasteiger partial charge >= 0.3 is 5.97 Å². The molecule has 0 aromatic carbocycles. The molecule has 0 aliphatic carbocycles. The number of hydrogen-bond donors (Lipinski definition) is 2. The van der Waals surface area contributed by atoms with E-state index in [1.165, 1.54) is 44.9 Å². The molecule has 0 bridgehead atoms. The van der Waals surface area contributed by atoms with E-state index in [-0.39, 0.29) is 19.2 Å². The summed E-state index contributed by atoms with van der Waals surface area (Å²) >= 11 is 0. The highest BCUT2D eigenvalue weighted by molar-refractivity contribution is 5.69. The average Bonchev–Trinajstić information content (AvgIpc) is 2.97. The van der Waals surface area contributed by atoms with Crippen LogP contribution in [0.4, 0.5) is 0 Å². The molecule has 0 radical (unpaired) electrons. The average molecular weight is 330 g/mol. The second-order valence-corrected chi connectivity index (χ2v) is 6.59. The first kappa shape index (κ1) is 20.4. The third-order valence-corrected chi connectivity index (χ3v) is 4.34. The molecule has 1 fully saturated rings. The number of aliphatic hydroxyl groups is 2. The first-order valence-electron chi connectivity index (χ1n) is 9.26. The minimum absolute atomic E-state index is 0.0480. The van der Waals surface area contributed by atoms with Gasteiger partial charge in [-0.3, -0.25) is 4.79 Å². The van der Waals surface area contributed by atoms with Crippen molar-refractivity contribution in [2.45, 2.75) is 95.9 Å². The van der Waals surface area contributed by atoms with Gasteiger partial charge in [0.05, 0.1) is 18.8 Å². The van der Waals surface area contributed by atoms with Gasteiger partial charge in [0.2, 0.25) is 0 Å². The Morgan fingerprint density at radius 3 is 2.30 bits per heavy atom. The lowest BCUT2D eigenvalue weighted by Gasteiger charge is -2.17. The van der Waals surface area contributed by atoms with Crippen molar-refractivity contribution in [3.63, 3.8) is 0 Å². The Hall–Kier alpha value is -0.650. The molecule has 1 saturated heterocycles. The molecule has 1 aliphatic heterocycles. The number of esters is 1. The molecule has 1 aliphatic rings. The fourth-order valence-electron chi connectivity index (χ4n) is 2.84. The van der Waals surface area contributed by atoms with E-state index in [1.54, 1.807) is 0 Å². The van der Waals surface area contributed by atoms with E-state index in [0.717, 1.165) is 12.8 Å². The summed E-state index contributed by atoms with van der Waals surface area (Å²) in [6, 6.07) is 0. The zero-order valence-corrected chi connectivity index (χ0v) is 14.5. The van der Waals surface area contributed by atoms with Gasteiger partial charge in [-0.05, 0) is 6.42 Å². The van der Waals surface area contributed by atoms with Crippen molar-refractivity contribution in [1.29, 1.82) is 0 Å². The van der Waals surface area contributed by atoms with Crippen LogP contribution in [0.5, 0.6) is 0 Å². The second-order valence-electron chi connectivity index (χ2n) is 6.59. The highest BCUT2D eigenvalue weighted by atomic mass is 16.6. The smallest absolute Gasteiger partial charge is 0.305 e. The standard InChI is InChI=1S/C18H34O5/c1-2-3-4-5-6-7-8-9-10-11-18(21)23-14-16(20)17-12-15(19)13-22-17/h15-17,19-20H,2-14H2,1H3/t15-,16?,17-/m0/s1. The van der Waals surface area contributed by atoms with Crippen LogP contribution < -0.4 is 0 Å². The van der Waals surface area contributed by atoms with Gasteiger partial charge in [-0.15, -0.1) is 0 Å². The van der Waals surface area contributed by atoms with Crippen LogP contribution in [0.2, 0.25) is 0 Å². The molecule has 0 amide bonds. The lowest BCUT2D eigenvalue weighted by molar-refractivity contribution is -0.149. The van der Waals surface area contributed by atoms with Gasteiger partial charge in [-0.2, -0.15) is 0 Å². The van der Waals surface area contributed by atoms with Crippen molar-refractivity contribution in [3.8, 4) is 0 Å². The van der Waals surface area contributed by atoms with Crippen molar-refractivity contribution in [3.05, 3.63) is 0 Å². The molecule has 23 heavy (non-hydrogen) atoms. The number of rotatable bonds is 13. The third kappa shape index (κ3) is 9.95. The van der Waals surface area contributed by atoms with Gasteiger partial charge < -0.3 is 19.7 Å². The van der Waals surface area contributed by atoms with Crippen LogP contribution in [0, 0.1) is 0 Å². The maximum atomic E-state index is 11.6. The number of aliphatic hydroxyl groups excluding tert-OH is 2. The van der Waals surface area contributed by atoms with Crippen molar-refractivity contribution in [1.82, 2.24) is 0 Å². The van der Waals surface area contributed by atoms with Gasteiger partial charge in [-0.25, -0.2) is 0 Å². The van der Waals surface area contributed by atoms with Gasteiger partial charge in [0, 0.05) is 12.8 Å². The molecular formula is C18H34O5. The van der Waals surface area contributed by atoms with Crippen LogP contribution in [0.25, 0.3) is 0 Å². The lowest BCUT2D eigenvalue weighted by Crippen LogP contribution is -2.31. The number of carbonyl (C=O) groups excluding carboxylic acids is 1. The quantitative estimate of drug-likeness (QED) is 0.401. The fourth-order valence-corrected chi connectivity index (χ4v) is 2.84. The van der Waals surface area contributed by atoms with Crippen LogP contribution in [0.15, 0.2) is 0 Å². The number of ether oxygens (including phenoxy) is 2. The zero-order chi connectivity index (χ0) is 16.9. The first-order valence-corrected chi connectivity index (χ1v) is 9.26. The molecule has 1 unspecified atom stereocenters. The maximum Gasteiger partial charge on any atom is 0.305 e. The molecule has 0 aromatic rings. The highest BCUT2D eigenvalue weighted by Crippen LogP contribution is 2.17. The van der Waals surface area contributed by atoms with E-state index in [9.17, 15) is 15.0 Å². The van der Waals surface area contributed by atoms with E-state index in [1.807, 2.05) is 0 Å². The Kier molecular flexibility index (Phi) is 11.3. The topological polar surface area (TPSA) is 76.0 Å². The monoisotopic (exact) mass is 330 g/mol. The largest absolute Gasteiger partial charge is 0.463 e. The van der Waals surface area contributed by atoms with Gasteiger partial charge in [0.25, 0.3) is 0 Å². The van der Waals surface area contributed by atoms with Gasteiger partial charge in [-0.1, -0.05) is 58.3 Å². The van der Waals surface area contributed by atoms with Gasteiger partial charge in [0.1, 0.15) is 12.7 Å². The molecule has 0 saturated carbocycles. The number of unbranched alkanes of at least 4 members (excludes halogenated alkanes) is 8. The van der Waals surface area contributed by atoms with Crippen LogP contribution in [0.1, 0.15) is 77.6 Å². The van der Waals surface area contributed by atoms with Crippen molar-refractivity contribution < 1.29 is 24.5 Å². The maximum absolute atomic E-state index is 11.6. The summed E-state index contributed by atoms with van der Waals surface area (Å²) < 4.78 is 10.3. The highest BCUT2D eigenvalue weighted by Gasteiger charge is 2.30. The van der Waals surface area contributed by atoms with E-state index < -0.39 is 18.3 Å². The fraction of sp³-hybridized carbons (Fsp3) is 0.944. The van der Waals surface area contributed by atoms with Crippen LogP contribution in [-0.2, 0) is 14.3 Å². The minimum atomic E-state index is -0.848. The lowest BCUT2D eigenvalue weighted by atomic mass is 10.1. The predicted molar refractivity (Wildman–Crippen MR) is 89.2 cm³/mol. The van der Waals surface area contributed by atoms with E-state index in [0.29, 0.717) is 12.8 Å². The summed E-state index contributed by atoms with van der Waals surface area (Å²) in [5.41, 5.74) is 0. The van der Waals surface area contributed by atoms with E-state index in [4.69, 9.17) is 9.47 Å². The number of carbonyl (C=O) groups is 1. The molecule has 5 heteroatoms. The molecule has 2 N–H and O–H groups in total. The first-order chi connectivity index (χ1) is 11.1. The third-order valence-electron chi connectivity index (χ3n) is 4.34. The molecular weight excluding hydrogens is 296 g/mol. The van der Waals surface area contributed by atoms with Crippen molar-refractivity contribution in [2.75, 3.05) is 13.2 Å². The van der Waals surface area contributed by atoms with E-state index in [2.05, 4.69) is 6.92 Å². The predicted octanol–water partition coefficient (Wildman–Crippen LogP) is 2.96.